The number of likely N-dealkylation sites (N-methyl/N-ethyl adjacent to an activating group) is 1. The molecule has 2 aromatic rings. The molecule has 0 fully saturated rings. The van der Waals surface area contributed by atoms with Gasteiger partial charge in [0.05, 0.1) is 7.11 Å². The van der Waals surface area contributed by atoms with Crippen LogP contribution in [0.4, 0.5) is 0 Å². The molecule has 0 N–H and O–H groups in total. The molecule has 4 heteroatoms. The second-order valence-corrected chi connectivity index (χ2v) is 5.97. The van der Waals surface area contributed by atoms with Gasteiger partial charge < -0.3 is 9.47 Å². The Hall–Kier alpha value is -2.33. The van der Waals surface area contributed by atoms with Gasteiger partial charge in [-0.15, -0.1) is 0 Å². The Morgan fingerprint density at radius 3 is 2.13 bits per heavy atom. The molecule has 0 unspecified atom stereocenters. The molecule has 0 aliphatic rings. The van der Waals surface area contributed by atoms with Crippen molar-refractivity contribution in [1.29, 1.82) is 0 Å². The minimum Gasteiger partial charge on any atom is -0.468 e. The van der Waals surface area contributed by atoms with Crippen LogP contribution < -0.4 is 4.74 Å². The summed E-state index contributed by atoms with van der Waals surface area (Å²) in [6, 6.07) is 17.5. The maximum Gasteiger partial charge on any atom is 0.325 e. The molecule has 0 amide bonds. The zero-order valence-electron chi connectivity index (χ0n) is 14.1. The molecule has 0 saturated carbocycles. The predicted octanol–water partition coefficient (Wildman–Crippen LogP) is 3.86. The van der Waals surface area contributed by atoms with Gasteiger partial charge in [-0.3, -0.25) is 9.69 Å². The first-order valence-electron chi connectivity index (χ1n) is 7.55. The van der Waals surface area contributed by atoms with E-state index in [1.54, 1.807) is 0 Å². The molecule has 0 atom stereocenters. The average molecular weight is 313 g/mol. The van der Waals surface area contributed by atoms with Gasteiger partial charge in [0.2, 0.25) is 0 Å². The van der Waals surface area contributed by atoms with Crippen molar-refractivity contribution in [2.24, 2.45) is 0 Å². The Labute approximate surface area is 137 Å². The summed E-state index contributed by atoms with van der Waals surface area (Å²) in [7, 11) is 3.32. The molecule has 0 bridgehead atoms. The van der Waals surface area contributed by atoms with E-state index in [2.05, 4.69) is 0 Å². The maximum absolute atomic E-state index is 11.8. The van der Waals surface area contributed by atoms with Gasteiger partial charge in [0.15, 0.2) is 0 Å². The minimum absolute atomic E-state index is 0.246. The van der Waals surface area contributed by atoms with E-state index in [1.807, 2.05) is 80.4 Å². The maximum atomic E-state index is 11.8. The van der Waals surface area contributed by atoms with Crippen LogP contribution >= 0.6 is 0 Å². The topological polar surface area (TPSA) is 38.8 Å². The molecule has 4 nitrogen and oxygen atoms in total. The zero-order valence-corrected chi connectivity index (χ0v) is 14.1. The molecule has 0 heterocycles. The lowest BCUT2D eigenvalue weighted by Crippen LogP contribution is -2.48. The molecular weight excluding hydrogens is 290 g/mol. The third-order valence-electron chi connectivity index (χ3n) is 3.96. The summed E-state index contributed by atoms with van der Waals surface area (Å²) in [5, 5.41) is 0. The van der Waals surface area contributed by atoms with Crippen LogP contribution in [0.15, 0.2) is 54.6 Å². The van der Waals surface area contributed by atoms with Crippen LogP contribution in [0.5, 0.6) is 11.5 Å². The van der Waals surface area contributed by atoms with Crippen molar-refractivity contribution in [3.8, 4) is 11.5 Å². The smallest absolute Gasteiger partial charge is 0.325 e. The number of esters is 1. The molecule has 122 valence electrons. The highest BCUT2D eigenvalue weighted by Gasteiger charge is 2.33. The molecule has 23 heavy (non-hydrogen) atoms. The predicted molar refractivity (Wildman–Crippen MR) is 90.5 cm³/mol. The summed E-state index contributed by atoms with van der Waals surface area (Å²) in [6.07, 6.45) is 0. The van der Waals surface area contributed by atoms with Crippen LogP contribution in [0.1, 0.15) is 19.4 Å². The van der Waals surface area contributed by atoms with Crippen LogP contribution in [-0.4, -0.2) is 30.6 Å². The van der Waals surface area contributed by atoms with E-state index < -0.39 is 5.54 Å². The lowest BCUT2D eigenvalue weighted by molar-refractivity contribution is -0.152. The average Bonchev–Trinajstić information content (AvgIpc) is 2.56. The van der Waals surface area contributed by atoms with Gasteiger partial charge in [0, 0.05) is 6.54 Å². The van der Waals surface area contributed by atoms with Crippen LogP contribution in [0.25, 0.3) is 0 Å². The first kappa shape index (κ1) is 17.0. The monoisotopic (exact) mass is 313 g/mol. The van der Waals surface area contributed by atoms with Crippen molar-refractivity contribution in [1.82, 2.24) is 4.90 Å². The fourth-order valence-electron chi connectivity index (χ4n) is 2.16. The minimum atomic E-state index is -0.673. The Balaban J connectivity index is 2.01. The summed E-state index contributed by atoms with van der Waals surface area (Å²) in [6.45, 7) is 4.35. The zero-order chi connectivity index (χ0) is 16.9. The number of hydrogen-bond acceptors (Lipinski definition) is 4. The Morgan fingerprint density at radius 2 is 1.57 bits per heavy atom. The number of rotatable bonds is 6. The number of benzene rings is 2. The van der Waals surface area contributed by atoms with E-state index in [9.17, 15) is 4.79 Å². The summed E-state index contributed by atoms with van der Waals surface area (Å²) >= 11 is 0. The van der Waals surface area contributed by atoms with E-state index in [-0.39, 0.29) is 5.97 Å². The van der Waals surface area contributed by atoms with E-state index in [0.29, 0.717) is 6.54 Å². The Kier molecular flexibility index (Phi) is 5.40. The van der Waals surface area contributed by atoms with E-state index >= 15 is 0 Å². The second kappa shape index (κ2) is 7.29. The van der Waals surface area contributed by atoms with Crippen molar-refractivity contribution in [3.05, 3.63) is 60.2 Å². The summed E-state index contributed by atoms with van der Waals surface area (Å²) in [5.41, 5.74) is 0.429. The second-order valence-electron chi connectivity index (χ2n) is 5.97. The SMILES string of the molecule is COC(=O)C(C)(C)N(C)Cc1ccc(Oc2ccccc2)cc1. The first-order valence-corrected chi connectivity index (χ1v) is 7.55. The van der Waals surface area contributed by atoms with Gasteiger partial charge in [0.1, 0.15) is 17.0 Å². The number of carbonyl (C=O) groups excluding carboxylic acids is 1. The van der Waals surface area contributed by atoms with E-state index in [1.165, 1.54) is 7.11 Å². The van der Waals surface area contributed by atoms with Crippen molar-refractivity contribution < 1.29 is 14.3 Å². The van der Waals surface area contributed by atoms with Gasteiger partial charge in [-0.1, -0.05) is 30.3 Å². The standard InChI is InChI=1S/C19H23NO3/c1-19(2,18(21)22-4)20(3)14-15-10-12-17(13-11-15)23-16-8-6-5-7-9-16/h5-13H,14H2,1-4H3. The third-order valence-corrected chi connectivity index (χ3v) is 3.96. The van der Waals surface area contributed by atoms with Gasteiger partial charge >= 0.3 is 5.97 Å². The molecule has 2 aromatic carbocycles. The number of ether oxygens (including phenoxy) is 2. The number of methoxy groups -OCH3 is 1. The molecule has 0 saturated heterocycles. The summed E-state index contributed by atoms with van der Waals surface area (Å²) < 4.78 is 10.6. The molecule has 0 aromatic heterocycles. The highest BCUT2D eigenvalue weighted by atomic mass is 16.5. The van der Waals surface area contributed by atoms with Gasteiger partial charge in [-0.05, 0) is 50.7 Å². The highest BCUT2D eigenvalue weighted by molar-refractivity contribution is 5.79. The van der Waals surface area contributed by atoms with Crippen LogP contribution in [-0.2, 0) is 16.1 Å². The fraction of sp³-hybridized carbons (Fsp3) is 0.316. The molecule has 0 radical (unpaired) electrons. The molecule has 2 rings (SSSR count). The Morgan fingerprint density at radius 1 is 1.00 bits per heavy atom. The first-order chi connectivity index (χ1) is 10.9. The van der Waals surface area contributed by atoms with Gasteiger partial charge in [-0.25, -0.2) is 0 Å². The van der Waals surface area contributed by atoms with Crippen molar-refractivity contribution in [2.75, 3.05) is 14.2 Å². The molecular formula is C19H23NO3. The fourth-order valence-corrected chi connectivity index (χ4v) is 2.16. The molecule has 0 aliphatic carbocycles. The quantitative estimate of drug-likeness (QED) is 0.759. The van der Waals surface area contributed by atoms with Crippen LogP contribution in [0.3, 0.4) is 0 Å². The lowest BCUT2D eigenvalue weighted by atomic mass is 10.0. The van der Waals surface area contributed by atoms with Crippen molar-refractivity contribution in [2.45, 2.75) is 25.9 Å². The normalized spacial score (nSPS) is 11.3. The number of para-hydroxylation sites is 1. The van der Waals surface area contributed by atoms with Crippen molar-refractivity contribution >= 4 is 5.97 Å². The van der Waals surface area contributed by atoms with Crippen molar-refractivity contribution in [3.63, 3.8) is 0 Å². The Bertz CT molecular complexity index is 635. The summed E-state index contributed by atoms with van der Waals surface area (Å²) in [4.78, 5) is 13.8. The summed E-state index contributed by atoms with van der Waals surface area (Å²) in [5.74, 6) is 1.35. The number of carbonyl (C=O) groups is 1. The van der Waals surface area contributed by atoms with Crippen LogP contribution in [0.2, 0.25) is 0 Å². The highest BCUT2D eigenvalue weighted by Crippen LogP contribution is 2.23. The lowest BCUT2D eigenvalue weighted by Gasteiger charge is -2.32. The largest absolute Gasteiger partial charge is 0.468 e. The van der Waals surface area contributed by atoms with E-state index in [4.69, 9.17) is 9.47 Å². The molecule has 0 aliphatic heterocycles. The third kappa shape index (κ3) is 4.33. The van der Waals surface area contributed by atoms with Gasteiger partial charge in [-0.2, -0.15) is 0 Å². The number of nitrogens with zero attached hydrogens (tertiary/aromatic N) is 1. The molecule has 0 spiro atoms. The van der Waals surface area contributed by atoms with Gasteiger partial charge in [0.25, 0.3) is 0 Å². The van der Waals surface area contributed by atoms with E-state index in [0.717, 1.165) is 17.1 Å². The van der Waals surface area contributed by atoms with Crippen LogP contribution in [0, 0.1) is 0 Å². The number of hydrogen-bond donors (Lipinski definition) is 0.